The van der Waals surface area contributed by atoms with E-state index >= 15 is 0 Å². The van der Waals surface area contributed by atoms with Crippen LogP contribution in [0.1, 0.15) is 25.7 Å². The lowest BCUT2D eigenvalue weighted by atomic mass is 10.2. The van der Waals surface area contributed by atoms with Crippen molar-refractivity contribution in [3.63, 3.8) is 0 Å². The average Bonchev–Trinajstić information content (AvgIpc) is 2.95. The van der Waals surface area contributed by atoms with Crippen molar-refractivity contribution in [2.45, 2.75) is 31.7 Å². The third kappa shape index (κ3) is 3.79. The summed E-state index contributed by atoms with van der Waals surface area (Å²) in [6.07, 6.45) is 5.79. The summed E-state index contributed by atoms with van der Waals surface area (Å²) >= 11 is 1.38. The van der Waals surface area contributed by atoms with E-state index < -0.39 is 0 Å². The summed E-state index contributed by atoms with van der Waals surface area (Å²) in [6, 6.07) is -0.357. The van der Waals surface area contributed by atoms with Gasteiger partial charge >= 0.3 is 0 Å². The number of thiazole rings is 1. The molecule has 7 heteroatoms. The van der Waals surface area contributed by atoms with Crippen LogP contribution in [0, 0.1) is 5.92 Å². The Kier molecular flexibility index (Phi) is 4.50. The van der Waals surface area contributed by atoms with Gasteiger partial charge in [0.25, 0.3) is 0 Å². The molecule has 0 radical (unpaired) electrons. The van der Waals surface area contributed by atoms with E-state index in [1.165, 1.54) is 24.2 Å². The first-order valence-electron chi connectivity index (χ1n) is 7.44. The monoisotopic (exact) mass is 308 g/mol. The number of hydrogen-bond acceptors (Lipinski definition) is 5. The second kappa shape index (κ2) is 6.53. The Labute approximate surface area is 127 Å². The standard InChI is InChI=1S/C14H20N4O2S/c19-12(9-15-8-10-3-4-10)18-6-1-2-11(18)13(20)17-14-16-5-7-21-14/h5,7,10-11,15H,1-4,6,8-9H2,(H,16,17,20). The number of amides is 2. The van der Waals surface area contributed by atoms with Crippen molar-refractivity contribution in [2.75, 3.05) is 25.0 Å². The van der Waals surface area contributed by atoms with E-state index in [1.54, 1.807) is 11.1 Å². The van der Waals surface area contributed by atoms with Gasteiger partial charge in [-0.1, -0.05) is 0 Å². The van der Waals surface area contributed by atoms with Gasteiger partial charge in [-0.3, -0.25) is 9.59 Å². The minimum atomic E-state index is -0.357. The molecule has 1 aliphatic heterocycles. The quantitative estimate of drug-likeness (QED) is 0.824. The smallest absolute Gasteiger partial charge is 0.248 e. The van der Waals surface area contributed by atoms with Gasteiger partial charge in [-0.2, -0.15) is 0 Å². The first-order valence-corrected chi connectivity index (χ1v) is 8.32. The summed E-state index contributed by atoms with van der Waals surface area (Å²) in [5.74, 6) is 0.644. The van der Waals surface area contributed by atoms with Crippen LogP contribution in [-0.2, 0) is 9.59 Å². The number of nitrogens with zero attached hydrogens (tertiary/aromatic N) is 2. The Bertz CT molecular complexity index is 501. The number of aromatic nitrogens is 1. The van der Waals surface area contributed by atoms with E-state index in [2.05, 4.69) is 15.6 Å². The Morgan fingerprint density at radius 1 is 1.38 bits per heavy atom. The van der Waals surface area contributed by atoms with E-state index in [4.69, 9.17) is 0 Å². The summed E-state index contributed by atoms with van der Waals surface area (Å²) in [5.41, 5.74) is 0. The van der Waals surface area contributed by atoms with Gasteiger partial charge in [-0.15, -0.1) is 11.3 Å². The predicted molar refractivity (Wildman–Crippen MR) is 81.1 cm³/mol. The molecule has 3 rings (SSSR count). The fourth-order valence-corrected chi connectivity index (χ4v) is 3.15. The summed E-state index contributed by atoms with van der Waals surface area (Å²) in [5, 5.41) is 8.39. The second-order valence-electron chi connectivity index (χ2n) is 5.65. The van der Waals surface area contributed by atoms with E-state index in [1.807, 2.05) is 5.38 Å². The molecule has 1 atom stereocenters. The number of hydrogen-bond donors (Lipinski definition) is 2. The normalized spacial score (nSPS) is 21.5. The van der Waals surface area contributed by atoms with E-state index in [0.29, 0.717) is 18.2 Å². The second-order valence-corrected chi connectivity index (χ2v) is 6.54. The predicted octanol–water partition coefficient (Wildman–Crippen LogP) is 1.07. The number of rotatable bonds is 6. The fraction of sp³-hybridized carbons (Fsp3) is 0.643. The molecule has 2 N–H and O–H groups in total. The number of anilines is 1. The highest BCUT2D eigenvalue weighted by Crippen LogP contribution is 2.27. The highest BCUT2D eigenvalue weighted by molar-refractivity contribution is 7.13. The molecular weight excluding hydrogens is 288 g/mol. The topological polar surface area (TPSA) is 74.3 Å². The minimum absolute atomic E-state index is 0.0208. The third-order valence-corrected chi connectivity index (χ3v) is 4.63. The van der Waals surface area contributed by atoms with Gasteiger partial charge in [0, 0.05) is 18.1 Å². The highest BCUT2D eigenvalue weighted by atomic mass is 32.1. The SMILES string of the molecule is O=C(Nc1nccs1)C1CCCN1C(=O)CNCC1CC1. The van der Waals surface area contributed by atoms with Gasteiger partial charge in [-0.25, -0.2) is 4.98 Å². The van der Waals surface area contributed by atoms with Crippen LogP contribution in [0.3, 0.4) is 0 Å². The van der Waals surface area contributed by atoms with Crippen LogP contribution in [0.5, 0.6) is 0 Å². The first kappa shape index (κ1) is 14.5. The molecule has 2 fully saturated rings. The van der Waals surface area contributed by atoms with E-state index in [9.17, 15) is 9.59 Å². The zero-order valence-electron chi connectivity index (χ0n) is 11.9. The summed E-state index contributed by atoms with van der Waals surface area (Å²) < 4.78 is 0. The molecule has 1 unspecified atom stereocenters. The molecule has 2 aliphatic rings. The molecule has 2 amide bonds. The van der Waals surface area contributed by atoms with Crippen molar-refractivity contribution >= 4 is 28.3 Å². The van der Waals surface area contributed by atoms with Crippen LogP contribution in [0.4, 0.5) is 5.13 Å². The number of carbonyl (C=O) groups excluding carboxylic acids is 2. The van der Waals surface area contributed by atoms with Gasteiger partial charge < -0.3 is 15.5 Å². The highest BCUT2D eigenvalue weighted by Gasteiger charge is 2.34. The number of nitrogens with one attached hydrogen (secondary N) is 2. The molecule has 1 aromatic heterocycles. The van der Waals surface area contributed by atoms with E-state index in [-0.39, 0.29) is 17.9 Å². The molecule has 6 nitrogen and oxygen atoms in total. The lowest BCUT2D eigenvalue weighted by Crippen LogP contribution is -2.46. The zero-order chi connectivity index (χ0) is 14.7. The van der Waals surface area contributed by atoms with Crippen LogP contribution in [0.15, 0.2) is 11.6 Å². The van der Waals surface area contributed by atoms with Crippen molar-refractivity contribution in [1.82, 2.24) is 15.2 Å². The van der Waals surface area contributed by atoms with Crippen molar-refractivity contribution in [2.24, 2.45) is 5.92 Å². The molecule has 1 saturated carbocycles. The molecular formula is C14H20N4O2S. The molecule has 1 aliphatic carbocycles. The lowest BCUT2D eigenvalue weighted by Gasteiger charge is -2.23. The Morgan fingerprint density at radius 2 is 2.24 bits per heavy atom. The van der Waals surface area contributed by atoms with Crippen molar-refractivity contribution in [3.05, 3.63) is 11.6 Å². The van der Waals surface area contributed by atoms with Crippen molar-refractivity contribution in [3.8, 4) is 0 Å². The molecule has 0 aromatic carbocycles. The maximum Gasteiger partial charge on any atom is 0.248 e. The first-order chi connectivity index (χ1) is 10.2. The molecule has 1 aromatic rings. The Morgan fingerprint density at radius 3 is 2.95 bits per heavy atom. The van der Waals surface area contributed by atoms with Gasteiger partial charge in [0.05, 0.1) is 6.54 Å². The summed E-state index contributed by atoms with van der Waals surface area (Å²) in [4.78, 5) is 30.2. The Balaban J connectivity index is 1.51. The molecule has 2 heterocycles. The largest absolute Gasteiger partial charge is 0.330 e. The van der Waals surface area contributed by atoms with Crippen LogP contribution in [0.2, 0.25) is 0 Å². The van der Waals surface area contributed by atoms with E-state index in [0.717, 1.165) is 25.3 Å². The van der Waals surface area contributed by atoms with Crippen LogP contribution < -0.4 is 10.6 Å². The fourth-order valence-electron chi connectivity index (χ4n) is 2.62. The zero-order valence-corrected chi connectivity index (χ0v) is 12.7. The maximum absolute atomic E-state index is 12.3. The van der Waals surface area contributed by atoms with Gasteiger partial charge in [0.2, 0.25) is 11.8 Å². The molecule has 1 saturated heterocycles. The third-order valence-electron chi connectivity index (χ3n) is 3.94. The number of likely N-dealkylation sites (tertiary alicyclic amines) is 1. The molecule has 21 heavy (non-hydrogen) atoms. The lowest BCUT2D eigenvalue weighted by molar-refractivity contribution is -0.135. The van der Waals surface area contributed by atoms with Crippen LogP contribution in [-0.4, -0.2) is 47.4 Å². The molecule has 0 bridgehead atoms. The van der Waals surface area contributed by atoms with Gasteiger partial charge in [0.15, 0.2) is 5.13 Å². The van der Waals surface area contributed by atoms with Crippen molar-refractivity contribution in [1.29, 1.82) is 0 Å². The maximum atomic E-state index is 12.3. The van der Waals surface area contributed by atoms with Gasteiger partial charge in [-0.05, 0) is 38.1 Å². The van der Waals surface area contributed by atoms with Gasteiger partial charge in [0.1, 0.15) is 6.04 Å². The molecule has 0 spiro atoms. The van der Waals surface area contributed by atoms with Crippen LogP contribution in [0.25, 0.3) is 0 Å². The molecule has 114 valence electrons. The van der Waals surface area contributed by atoms with Crippen molar-refractivity contribution < 1.29 is 9.59 Å². The summed E-state index contributed by atoms with van der Waals surface area (Å²) in [7, 11) is 0. The summed E-state index contributed by atoms with van der Waals surface area (Å²) in [6.45, 7) is 1.91. The Hall–Kier alpha value is -1.47. The number of carbonyl (C=O) groups is 2. The minimum Gasteiger partial charge on any atom is -0.330 e. The average molecular weight is 308 g/mol. The van der Waals surface area contributed by atoms with Crippen LogP contribution >= 0.6 is 11.3 Å².